The molecule has 3 rings (SSSR count). The number of carbonyl (C=O) groups excluding carboxylic acids is 1. The van der Waals surface area contributed by atoms with Gasteiger partial charge in [0.2, 0.25) is 0 Å². The SMILES string of the molecule is COc1ccc([N+](=O)[O-])cc1NC(=O)C(C#N)=Cc1ccc(-c2ccc(Cl)cc2)o1. The lowest BCUT2D eigenvalue weighted by Crippen LogP contribution is -2.14. The van der Waals surface area contributed by atoms with Crippen molar-refractivity contribution >= 4 is 35.0 Å². The Hall–Kier alpha value is -4.09. The number of hydrogen-bond acceptors (Lipinski definition) is 6. The molecule has 2 aromatic carbocycles. The van der Waals surface area contributed by atoms with Gasteiger partial charge in [0, 0.05) is 28.8 Å². The van der Waals surface area contributed by atoms with Crippen molar-refractivity contribution in [3.63, 3.8) is 0 Å². The number of furan rings is 1. The first-order chi connectivity index (χ1) is 14.4. The molecule has 0 radical (unpaired) electrons. The number of nitrogens with one attached hydrogen (secondary N) is 1. The second-order valence-corrected chi connectivity index (χ2v) is 6.41. The van der Waals surface area contributed by atoms with Gasteiger partial charge in [-0.1, -0.05) is 11.6 Å². The molecule has 150 valence electrons. The summed E-state index contributed by atoms with van der Waals surface area (Å²) in [5.74, 6) is 0.281. The highest BCUT2D eigenvalue weighted by molar-refractivity contribution is 6.30. The summed E-state index contributed by atoms with van der Waals surface area (Å²) in [4.78, 5) is 22.9. The van der Waals surface area contributed by atoms with Gasteiger partial charge in [-0.3, -0.25) is 14.9 Å². The van der Waals surface area contributed by atoms with E-state index in [2.05, 4.69) is 5.32 Å². The maximum atomic E-state index is 12.5. The van der Waals surface area contributed by atoms with Crippen molar-refractivity contribution in [1.29, 1.82) is 5.26 Å². The average molecular weight is 424 g/mol. The number of ether oxygens (including phenoxy) is 1. The lowest BCUT2D eigenvalue weighted by molar-refractivity contribution is -0.384. The number of nitro groups is 1. The number of anilines is 1. The van der Waals surface area contributed by atoms with Gasteiger partial charge in [-0.05, 0) is 42.5 Å². The van der Waals surface area contributed by atoms with Crippen LogP contribution in [0.15, 0.2) is 64.6 Å². The summed E-state index contributed by atoms with van der Waals surface area (Å²) >= 11 is 5.88. The third-order valence-corrected chi connectivity index (χ3v) is 4.30. The molecule has 1 N–H and O–H groups in total. The topological polar surface area (TPSA) is 118 Å². The molecule has 8 nitrogen and oxygen atoms in total. The summed E-state index contributed by atoms with van der Waals surface area (Å²) in [6, 6.07) is 15.9. The molecule has 1 aromatic heterocycles. The summed E-state index contributed by atoms with van der Waals surface area (Å²) in [6.07, 6.45) is 1.28. The van der Waals surface area contributed by atoms with Gasteiger partial charge in [-0.15, -0.1) is 0 Å². The molecule has 0 aliphatic rings. The van der Waals surface area contributed by atoms with Crippen LogP contribution >= 0.6 is 11.6 Å². The van der Waals surface area contributed by atoms with Gasteiger partial charge in [-0.2, -0.15) is 5.26 Å². The van der Waals surface area contributed by atoms with Crippen LogP contribution < -0.4 is 10.1 Å². The van der Waals surface area contributed by atoms with E-state index in [0.717, 1.165) is 11.6 Å². The van der Waals surface area contributed by atoms with Gasteiger partial charge in [-0.25, -0.2) is 0 Å². The molecular formula is C21H14ClN3O5. The number of methoxy groups -OCH3 is 1. The van der Waals surface area contributed by atoms with Gasteiger partial charge in [0.25, 0.3) is 11.6 Å². The Morgan fingerprint density at radius 3 is 2.60 bits per heavy atom. The number of non-ortho nitro benzene ring substituents is 1. The van der Waals surface area contributed by atoms with Crippen LogP contribution in [0.1, 0.15) is 5.76 Å². The van der Waals surface area contributed by atoms with Crippen LogP contribution in [-0.2, 0) is 4.79 Å². The van der Waals surface area contributed by atoms with Crippen molar-refractivity contribution in [3.05, 3.63) is 81.1 Å². The van der Waals surface area contributed by atoms with Crippen LogP contribution in [0.2, 0.25) is 5.02 Å². The normalized spacial score (nSPS) is 10.9. The first-order valence-corrected chi connectivity index (χ1v) is 8.90. The van der Waals surface area contributed by atoms with Crippen molar-refractivity contribution in [3.8, 4) is 23.1 Å². The van der Waals surface area contributed by atoms with E-state index >= 15 is 0 Å². The Kier molecular flexibility index (Phi) is 6.15. The monoisotopic (exact) mass is 423 g/mol. The standard InChI is InChI=1S/C21H14ClN3O5/c1-29-20-8-6-16(25(27)28)11-18(20)24-21(26)14(12-23)10-17-7-9-19(30-17)13-2-4-15(22)5-3-13/h2-11H,1H3,(H,24,26). The molecule has 0 saturated carbocycles. The molecule has 0 saturated heterocycles. The van der Waals surface area contributed by atoms with Crippen LogP contribution in [0, 0.1) is 21.4 Å². The molecule has 1 heterocycles. The molecular weight excluding hydrogens is 410 g/mol. The number of nitro benzene ring substituents is 1. The Labute approximate surface area is 176 Å². The van der Waals surface area contributed by atoms with Gasteiger partial charge < -0.3 is 14.5 Å². The fourth-order valence-electron chi connectivity index (χ4n) is 2.59. The number of carbonyl (C=O) groups is 1. The maximum Gasteiger partial charge on any atom is 0.271 e. The maximum absolute atomic E-state index is 12.5. The van der Waals surface area contributed by atoms with Gasteiger partial charge in [0.1, 0.15) is 28.9 Å². The lowest BCUT2D eigenvalue weighted by atomic mass is 10.2. The third kappa shape index (κ3) is 4.66. The highest BCUT2D eigenvalue weighted by Crippen LogP contribution is 2.29. The van der Waals surface area contributed by atoms with E-state index in [1.165, 1.54) is 25.3 Å². The molecule has 0 spiro atoms. The largest absolute Gasteiger partial charge is 0.495 e. The first kappa shape index (κ1) is 20.6. The molecule has 0 fully saturated rings. The van der Waals surface area contributed by atoms with E-state index in [4.69, 9.17) is 20.8 Å². The number of nitriles is 1. The van der Waals surface area contributed by atoms with Crippen LogP contribution in [0.4, 0.5) is 11.4 Å². The number of hydrogen-bond donors (Lipinski definition) is 1. The fraction of sp³-hybridized carbons (Fsp3) is 0.0476. The zero-order chi connectivity index (χ0) is 21.7. The van der Waals surface area contributed by atoms with E-state index in [1.807, 2.05) is 0 Å². The average Bonchev–Trinajstić information content (AvgIpc) is 3.21. The predicted octanol–water partition coefficient (Wildman–Crippen LogP) is 5.06. The molecule has 3 aromatic rings. The molecule has 30 heavy (non-hydrogen) atoms. The van der Waals surface area contributed by atoms with Gasteiger partial charge in [0.15, 0.2) is 0 Å². The first-order valence-electron chi connectivity index (χ1n) is 8.52. The van der Waals surface area contributed by atoms with Crippen LogP contribution in [0.5, 0.6) is 5.75 Å². The minimum atomic E-state index is -0.763. The number of amides is 1. The van der Waals surface area contributed by atoms with Gasteiger partial charge >= 0.3 is 0 Å². The molecule has 0 aliphatic carbocycles. The minimum absolute atomic E-state index is 0.0687. The van der Waals surface area contributed by atoms with Crippen molar-refractivity contribution in [2.75, 3.05) is 12.4 Å². The molecule has 0 bridgehead atoms. The zero-order valence-corrected chi connectivity index (χ0v) is 16.3. The van der Waals surface area contributed by atoms with E-state index in [1.54, 1.807) is 42.5 Å². The van der Waals surface area contributed by atoms with E-state index in [-0.39, 0.29) is 28.5 Å². The van der Waals surface area contributed by atoms with Crippen LogP contribution in [-0.4, -0.2) is 17.9 Å². The molecule has 0 aliphatic heterocycles. The quantitative estimate of drug-likeness (QED) is 0.256. The fourth-order valence-corrected chi connectivity index (χ4v) is 2.71. The second-order valence-electron chi connectivity index (χ2n) is 5.97. The van der Waals surface area contributed by atoms with Crippen molar-refractivity contribution in [2.24, 2.45) is 0 Å². The lowest BCUT2D eigenvalue weighted by Gasteiger charge is -2.09. The Morgan fingerprint density at radius 2 is 1.97 bits per heavy atom. The predicted molar refractivity (Wildman–Crippen MR) is 111 cm³/mol. The van der Waals surface area contributed by atoms with Crippen LogP contribution in [0.3, 0.4) is 0 Å². The molecule has 1 amide bonds. The number of rotatable bonds is 6. The highest BCUT2D eigenvalue weighted by atomic mass is 35.5. The van der Waals surface area contributed by atoms with E-state index < -0.39 is 10.8 Å². The van der Waals surface area contributed by atoms with Crippen molar-refractivity contribution in [2.45, 2.75) is 0 Å². The Balaban J connectivity index is 1.84. The van der Waals surface area contributed by atoms with Crippen molar-refractivity contribution in [1.82, 2.24) is 0 Å². The number of benzene rings is 2. The Bertz CT molecular complexity index is 1180. The third-order valence-electron chi connectivity index (χ3n) is 4.05. The van der Waals surface area contributed by atoms with E-state index in [9.17, 15) is 20.2 Å². The highest BCUT2D eigenvalue weighted by Gasteiger charge is 2.17. The van der Waals surface area contributed by atoms with Crippen LogP contribution in [0.25, 0.3) is 17.4 Å². The smallest absolute Gasteiger partial charge is 0.271 e. The summed E-state index contributed by atoms with van der Waals surface area (Å²) in [7, 11) is 1.36. The summed E-state index contributed by atoms with van der Waals surface area (Å²) in [6.45, 7) is 0. The summed E-state index contributed by atoms with van der Waals surface area (Å²) in [5.41, 5.74) is 0.371. The molecule has 9 heteroatoms. The summed E-state index contributed by atoms with van der Waals surface area (Å²) in [5, 5.41) is 23.4. The Morgan fingerprint density at radius 1 is 1.23 bits per heavy atom. The summed E-state index contributed by atoms with van der Waals surface area (Å²) < 4.78 is 10.8. The number of nitrogens with zero attached hydrogens (tertiary/aromatic N) is 2. The number of halogens is 1. The molecule has 0 atom stereocenters. The van der Waals surface area contributed by atoms with E-state index in [0.29, 0.717) is 10.8 Å². The van der Waals surface area contributed by atoms with Crippen molar-refractivity contribution < 1.29 is 18.9 Å². The van der Waals surface area contributed by atoms with Gasteiger partial charge in [0.05, 0.1) is 17.7 Å². The zero-order valence-electron chi connectivity index (χ0n) is 15.6. The second kappa shape index (κ2) is 8.94. The minimum Gasteiger partial charge on any atom is -0.495 e. The molecule has 0 unspecified atom stereocenters.